The lowest BCUT2D eigenvalue weighted by Gasteiger charge is -2.07. The number of hydrogen-bond acceptors (Lipinski definition) is 4. The van der Waals surface area contributed by atoms with Gasteiger partial charge < -0.3 is 10.1 Å². The van der Waals surface area contributed by atoms with Crippen LogP contribution in [-0.4, -0.2) is 27.8 Å². The smallest absolute Gasteiger partial charge is 0.295 e. The van der Waals surface area contributed by atoms with Gasteiger partial charge in [-0.05, 0) is 48.9 Å². The Labute approximate surface area is 168 Å². The molecule has 6 nitrogen and oxygen atoms in total. The van der Waals surface area contributed by atoms with Gasteiger partial charge in [0, 0.05) is 11.3 Å². The van der Waals surface area contributed by atoms with Crippen molar-refractivity contribution in [1.29, 1.82) is 0 Å². The number of methoxy groups -OCH3 is 1. The number of anilines is 1. The first-order valence-corrected chi connectivity index (χ1v) is 9.19. The fourth-order valence-corrected chi connectivity index (χ4v) is 3.00. The maximum Gasteiger partial charge on any atom is 0.295 e. The number of carbonyl (C=O) groups excluding carboxylic acids is 1. The van der Waals surface area contributed by atoms with Gasteiger partial charge in [0.2, 0.25) is 5.82 Å². The number of hydrogen-bond donors (Lipinski definition) is 1. The van der Waals surface area contributed by atoms with Crippen LogP contribution in [0.5, 0.6) is 5.75 Å². The van der Waals surface area contributed by atoms with E-state index in [2.05, 4.69) is 15.4 Å². The van der Waals surface area contributed by atoms with Gasteiger partial charge in [0.15, 0.2) is 5.82 Å². The van der Waals surface area contributed by atoms with Crippen molar-refractivity contribution >= 4 is 11.6 Å². The molecule has 1 amide bonds. The summed E-state index contributed by atoms with van der Waals surface area (Å²) in [6.07, 6.45) is 0. The number of aryl methyl sites for hydroxylation is 1. The first kappa shape index (κ1) is 18.4. The summed E-state index contributed by atoms with van der Waals surface area (Å²) in [4.78, 5) is 17.3. The molecule has 6 heteroatoms. The molecule has 1 aromatic heterocycles. The zero-order valence-electron chi connectivity index (χ0n) is 16.2. The monoisotopic (exact) mass is 384 g/mol. The predicted molar refractivity (Wildman–Crippen MR) is 112 cm³/mol. The molecule has 4 rings (SSSR count). The Hall–Kier alpha value is -3.93. The minimum atomic E-state index is -0.361. The third-order valence-electron chi connectivity index (χ3n) is 4.44. The van der Waals surface area contributed by atoms with Gasteiger partial charge in [-0.2, -0.15) is 0 Å². The third kappa shape index (κ3) is 4.01. The van der Waals surface area contributed by atoms with Gasteiger partial charge in [-0.1, -0.05) is 42.5 Å². The van der Waals surface area contributed by atoms with Gasteiger partial charge in [-0.25, -0.2) is 9.67 Å². The predicted octanol–water partition coefficient (Wildman–Crippen LogP) is 4.50. The highest BCUT2D eigenvalue weighted by atomic mass is 16.5. The van der Waals surface area contributed by atoms with E-state index in [1.165, 1.54) is 0 Å². The van der Waals surface area contributed by atoms with E-state index < -0.39 is 0 Å². The molecule has 1 heterocycles. The molecule has 0 aliphatic heterocycles. The van der Waals surface area contributed by atoms with E-state index in [4.69, 9.17) is 4.74 Å². The molecule has 0 spiro atoms. The maximum atomic E-state index is 12.8. The number of carbonyl (C=O) groups is 1. The summed E-state index contributed by atoms with van der Waals surface area (Å²) in [6.45, 7) is 1.97. The first-order valence-electron chi connectivity index (χ1n) is 9.19. The normalized spacial score (nSPS) is 10.6. The second kappa shape index (κ2) is 7.98. The number of rotatable bonds is 5. The molecule has 0 aliphatic rings. The van der Waals surface area contributed by atoms with Crippen LogP contribution in [0.15, 0.2) is 78.9 Å². The molecule has 0 aliphatic carbocycles. The van der Waals surface area contributed by atoms with Gasteiger partial charge in [-0.15, -0.1) is 5.10 Å². The van der Waals surface area contributed by atoms with Crippen molar-refractivity contribution in [2.24, 2.45) is 0 Å². The third-order valence-corrected chi connectivity index (χ3v) is 4.44. The molecule has 4 aromatic rings. The van der Waals surface area contributed by atoms with E-state index in [1.807, 2.05) is 85.8 Å². The van der Waals surface area contributed by atoms with E-state index >= 15 is 0 Å². The summed E-state index contributed by atoms with van der Waals surface area (Å²) in [6, 6.07) is 24.7. The number of amides is 1. The van der Waals surface area contributed by atoms with Crippen LogP contribution < -0.4 is 10.1 Å². The van der Waals surface area contributed by atoms with Crippen LogP contribution in [0, 0.1) is 6.92 Å². The van der Waals surface area contributed by atoms with Crippen molar-refractivity contribution in [2.75, 3.05) is 12.4 Å². The number of aromatic nitrogens is 3. The fraction of sp³-hybridized carbons (Fsp3) is 0.0870. The number of nitrogens with one attached hydrogen (secondary N) is 1. The number of benzene rings is 3. The molecule has 3 aromatic carbocycles. The van der Waals surface area contributed by atoms with Crippen molar-refractivity contribution in [3.05, 3.63) is 90.3 Å². The SMILES string of the molecule is COc1ccc(-n2nc(C(=O)Nc3cccc(C)c3)nc2-c2ccccc2)cc1. The van der Waals surface area contributed by atoms with E-state index in [0.29, 0.717) is 11.5 Å². The average Bonchev–Trinajstić information content (AvgIpc) is 3.20. The lowest BCUT2D eigenvalue weighted by molar-refractivity contribution is 0.101. The highest BCUT2D eigenvalue weighted by molar-refractivity contribution is 6.01. The molecule has 0 radical (unpaired) electrons. The molecule has 0 bridgehead atoms. The molecular weight excluding hydrogens is 364 g/mol. The zero-order chi connectivity index (χ0) is 20.2. The van der Waals surface area contributed by atoms with Crippen molar-refractivity contribution in [1.82, 2.24) is 14.8 Å². The molecule has 0 unspecified atom stereocenters. The Bertz CT molecular complexity index is 1140. The summed E-state index contributed by atoms with van der Waals surface area (Å²) in [5.74, 6) is 1.07. The van der Waals surface area contributed by atoms with Gasteiger partial charge in [-0.3, -0.25) is 4.79 Å². The molecule has 0 atom stereocenters. The van der Waals surface area contributed by atoms with Crippen LogP contribution in [0.2, 0.25) is 0 Å². The van der Waals surface area contributed by atoms with E-state index in [1.54, 1.807) is 11.8 Å². The Balaban J connectivity index is 1.73. The summed E-state index contributed by atoms with van der Waals surface area (Å²) in [5.41, 5.74) is 3.42. The Morgan fingerprint density at radius 1 is 0.966 bits per heavy atom. The van der Waals surface area contributed by atoms with Gasteiger partial charge in [0.05, 0.1) is 12.8 Å². The Morgan fingerprint density at radius 3 is 2.41 bits per heavy atom. The lowest BCUT2D eigenvalue weighted by atomic mass is 10.2. The highest BCUT2D eigenvalue weighted by Crippen LogP contribution is 2.23. The highest BCUT2D eigenvalue weighted by Gasteiger charge is 2.19. The summed E-state index contributed by atoms with van der Waals surface area (Å²) in [7, 11) is 1.62. The molecular formula is C23H20N4O2. The van der Waals surface area contributed by atoms with Crippen LogP contribution in [0.3, 0.4) is 0 Å². The van der Waals surface area contributed by atoms with Crippen LogP contribution in [0.4, 0.5) is 5.69 Å². The minimum absolute atomic E-state index is 0.0983. The molecule has 29 heavy (non-hydrogen) atoms. The second-order valence-electron chi connectivity index (χ2n) is 6.56. The fourth-order valence-electron chi connectivity index (χ4n) is 3.00. The van der Waals surface area contributed by atoms with Gasteiger partial charge >= 0.3 is 0 Å². The maximum absolute atomic E-state index is 12.8. The van der Waals surface area contributed by atoms with Crippen LogP contribution in [0.1, 0.15) is 16.2 Å². The van der Waals surface area contributed by atoms with Crippen LogP contribution in [0.25, 0.3) is 17.1 Å². The second-order valence-corrected chi connectivity index (χ2v) is 6.56. The van der Waals surface area contributed by atoms with Crippen molar-refractivity contribution < 1.29 is 9.53 Å². The number of ether oxygens (including phenoxy) is 1. The van der Waals surface area contributed by atoms with Crippen molar-refractivity contribution in [3.63, 3.8) is 0 Å². The number of nitrogens with zero attached hydrogens (tertiary/aromatic N) is 3. The Kier molecular flexibility index (Phi) is 5.07. The van der Waals surface area contributed by atoms with Gasteiger partial charge in [0.25, 0.3) is 5.91 Å². The quantitative estimate of drug-likeness (QED) is 0.550. The summed E-state index contributed by atoms with van der Waals surface area (Å²) in [5, 5.41) is 7.35. The summed E-state index contributed by atoms with van der Waals surface area (Å²) < 4.78 is 6.90. The van der Waals surface area contributed by atoms with Crippen LogP contribution in [-0.2, 0) is 0 Å². The van der Waals surface area contributed by atoms with Crippen molar-refractivity contribution in [2.45, 2.75) is 6.92 Å². The van der Waals surface area contributed by atoms with Crippen molar-refractivity contribution in [3.8, 4) is 22.8 Å². The Morgan fingerprint density at radius 2 is 1.72 bits per heavy atom. The molecule has 0 saturated heterocycles. The van der Waals surface area contributed by atoms with E-state index in [9.17, 15) is 4.79 Å². The molecule has 0 fully saturated rings. The largest absolute Gasteiger partial charge is 0.497 e. The lowest BCUT2D eigenvalue weighted by Crippen LogP contribution is -2.14. The minimum Gasteiger partial charge on any atom is -0.497 e. The molecule has 1 N–H and O–H groups in total. The molecule has 144 valence electrons. The average molecular weight is 384 g/mol. The molecule has 0 saturated carbocycles. The summed E-state index contributed by atoms with van der Waals surface area (Å²) >= 11 is 0. The van der Waals surface area contributed by atoms with E-state index in [-0.39, 0.29) is 11.7 Å². The standard InChI is InChI=1S/C23H20N4O2/c1-16-7-6-10-18(15-16)24-23(28)21-25-22(17-8-4-3-5-9-17)27(26-21)19-11-13-20(29-2)14-12-19/h3-15H,1-2H3,(H,24,28). The van der Waals surface area contributed by atoms with E-state index in [0.717, 1.165) is 22.6 Å². The topological polar surface area (TPSA) is 69.0 Å². The van der Waals surface area contributed by atoms with Crippen LogP contribution >= 0.6 is 0 Å². The zero-order valence-corrected chi connectivity index (χ0v) is 16.2. The first-order chi connectivity index (χ1) is 14.1. The van der Waals surface area contributed by atoms with Gasteiger partial charge in [0.1, 0.15) is 5.75 Å².